The maximum atomic E-state index is 12.3. The number of carbonyl (C=O) groups is 1. The highest BCUT2D eigenvalue weighted by atomic mass is 32.2. The normalized spacial score (nSPS) is 19.2. The third kappa shape index (κ3) is 2.69. The summed E-state index contributed by atoms with van der Waals surface area (Å²) in [6, 6.07) is 6.28. The van der Waals surface area contributed by atoms with E-state index in [1.807, 2.05) is 6.92 Å². The molecule has 0 bridgehead atoms. The van der Waals surface area contributed by atoms with Crippen molar-refractivity contribution in [3.8, 4) is 0 Å². The molecule has 1 aromatic rings. The summed E-state index contributed by atoms with van der Waals surface area (Å²) in [6.07, 6.45) is 0.272. The summed E-state index contributed by atoms with van der Waals surface area (Å²) in [6.45, 7) is 3.91. The predicted octanol–water partition coefficient (Wildman–Crippen LogP) is 1.57. The van der Waals surface area contributed by atoms with Gasteiger partial charge in [-0.3, -0.25) is 0 Å². The van der Waals surface area contributed by atoms with E-state index in [0.717, 1.165) is 5.56 Å². The minimum Gasteiger partial charge on any atom is -0.428 e. The number of carbonyl (C=O) groups excluding carboxylic acids is 1. The fraction of sp³-hybridized carbons (Fsp3) is 0.308. The lowest BCUT2D eigenvalue weighted by molar-refractivity contribution is -0.157. The predicted molar refractivity (Wildman–Crippen MR) is 68.0 cm³/mol. The van der Waals surface area contributed by atoms with Gasteiger partial charge >= 0.3 is 5.97 Å². The molecule has 0 aliphatic carbocycles. The van der Waals surface area contributed by atoms with Gasteiger partial charge in [-0.05, 0) is 26.0 Å². The molecule has 0 radical (unpaired) electrons. The monoisotopic (exact) mass is 282 g/mol. The summed E-state index contributed by atoms with van der Waals surface area (Å²) < 4.78 is 34.4. The van der Waals surface area contributed by atoms with E-state index in [-0.39, 0.29) is 9.80 Å². The van der Waals surface area contributed by atoms with E-state index in [9.17, 15) is 13.2 Å². The molecule has 1 aromatic carbocycles. The molecule has 5 nitrogen and oxygen atoms in total. The number of ether oxygens (including phenoxy) is 2. The van der Waals surface area contributed by atoms with Crippen LogP contribution >= 0.6 is 0 Å². The molecule has 102 valence electrons. The van der Waals surface area contributed by atoms with Crippen LogP contribution in [-0.2, 0) is 24.1 Å². The zero-order chi connectivity index (χ0) is 14.0. The first-order chi connectivity index (χ1) is 8.95. The number of benzene rings is 1. The lowest BCUT2D eigenvalue weighted by atomic mass is 10.2. The van der Waals surface area contributed by atoms with Crippen molar-refractivity contribution in [2.45, 2.75) is 25.0 Å². The summed E-state index contributed by atoms with van der Waals surface area (Å²) >= 11 is 0. The second kappa shape index (κ2) is 5.14. The summed E-state index contributed by atoms with van der Waals surface area (Å²) in [5.74, 6) is -0.876. The Morgan fingerprint density at radius 1 is 1.26 bits per heavy atom. The average molecular weight is 282 g/mol. The topological polar surface area (TPSA) is 69.7 Å². The SMILES string of the molecule is CCOC1C=C(S(=O)(=O)c2ccc(C)cc2)C(=O)O1. The van der Waals surface area contributed by atoms with Crippen molar-refractivity contribution in [1.82, 2.24) is 0 Å². The van der Waals surface area contributed by atoms with E-state index in [0.29, 0.717) is 6.61 Å². The number of sulfone groups is 1. The quantitative estimate of drug-likeness (QED) is 0.784. The fourth-order valence-corrected chi connectivity index (χ4v) is 2.99. The van der Waals surface area contributed by atoms with Crippen LogP contribution < -0.4 is 0 Å². The molecule has 1 heterocycles. The smallest absolute Gasteiger partial charge is 0.352 e. The van der Waals surface area contributed by atoms with Gasteiger partial charge in [-0.2, -0.15) is 0 Å². The Labute approximate surface area is 111 Å². The Kier molecular flexibility index (Phi) is 3.73. The number of hydrogen-bond acceptors (Lipinski definition) is 5. The van der Waals surface area contributed by atoms with E-state index < -0.39 is 22.1 Å². The Morgan fingerprint density at radius 2 is 1.89 bits per heavy atom. The van der Waals surface area contributed by atoms with E-state index in [4.69, 9.17) is 9.47 Å². The van der Waals surface area contributed by atoms with Crippen molar-refractivity contribution in [3.63, 3.8) is 0 Å². The fourth-order valence-electron chi connectivity index (χ4n) is 1.68. The van der Waals surface area contributed by atoms with Crippen LogP contribution in [0.15, 0.2) is 40.1 Å². The first kappa shape index (κ1) is 13.8. The van der Waals surface area contributed by atoms with Crippen LogP contribution in [0.5, 0.6) is 0 Å². The maximum absolute atomic E-state index is 12.3. The molecule has 1 atom stereocenters. The molecule has 1 aliphatic rings. The molecular formula is C13H14O5S. The largest absolute Gasteiger partial charge is 0.428 e. The summed E-state index contributed by atoms with van der Waals surface area (Å²) in [5.41, 5.74) is 0.939. The van der Waals surface area contributed by atoms with Crippen LogP contribution in [0.3, 0.4) is 0 Å². The van der Waals surface area contributed by atoms with Gasteiger partial charge in [0.05, 0.1) is 4.90 Å². The van der Waals surface area contributed by atoms with E-state index >= 15 is 0 Å². The van der Waals surface area contributed by atoms with Crippen molar-refractivity contribution in [1.29, 1.82) is 0 Å². The van der Waals surface area contributed by atoms with Gasteiger partial charge in [0.2, 0.25) is 16.1 Å². The Morgan fingerprint density at radius 3 is 2.47 bits per heavy atom. The first-order valence-corrected chi connectivity index (χ1v) is 7.29. The summed E-state index contributed by atoms with van der Waals surface area (Å²) in [4.78, 5) is 11.3. The molecule has 19 heavy (non-hydrogen) atoms. The van der Waals surface area contributed by atoms with Crippen molar-refractivity contribution in [2.75, 3.05) is 6.61 Å². The minimum absolute atomic E-state index is 0.0680. The molecule has 0 saturated heterocycles. The Bertz CT molecular complexity index is 613. The number of cyclic esters (lactones) is 1. The number of rotatable bonds is 4. The number of esters is 1. The van der Waals surface area contributed by atoms with Crippen molar-refractivity contribution < 1.29 is 22.7 Å². The van der Waals surface area contributed by atoms with Gasteiger partial charge in [0.1, 0.15) is 0 Å². The standard InChI is InChI=1S/C13H14O5S/c1-3-17-12-8-11(13(14)18-12)19(15,16)10-6-4-9(2)5-7-10/h4-8,12H,3H2,1-2H3. The zero-order valence-electron chi connectivity index (χ0n) is 10.6. The van der Waals surface area contributed by atoms with Crippen LogP contribution in [0.25, 0.3) is 0 Å². The lowest BCUT2D eigenvalue weighted by Crippen LogP contribution is -2.14. The highest BCUT2D eigenvalue weighted by Crippen LogP contribution is 2.26. The molecule has 0 amide bonds. The van der Waals surface area contributed by atoms with Crippen LogP contribution in [-0.4, -0.2) is 27.3 Å². The second-order valence-electron chi connectivity index (χ2n) is 4.08. The molecule has 0 N–H and O–H groups in total. The average Bonchev–Trinajstić information content (AvgIpc) is 2.72. The number of hydrogen-bond donors (Lipinski definition) is 0. The second-order valence-corrected chi connectivity index (χ2v) is 5.99. The molecular weight excluding hydrogens is 268 g/mol. The summed E-state index contributed by atoms with van der Waals surface area (Å²) in [7, 11) is -3.85. The first-order valence-electron chi connectivity index (χ1n) is 5.81. The van der Waals surface area contributed by atoms with E-state index in [2.05, 4.69) is 0 Å². The lowest BCUT2D eigenvalue weighted by Gasteiger charge is -2.06. The summed E-state index contributed by atoms with van der Waals surface area (Å²) in [5, 5.41) is 0. The van der Waals surface area contributed by atoms with Gasteiger partial charge in [-0.25, -0.2) is 13.2 Å². The van der Waals surface area contributed by atoms with Gasteiger partial charge in [0, 0.05) is 12.7 Å². The molecule has 0 spiro atoms. The van der Waals surface area contributed by atoms with Crippen LogP contribution in [0, 0.1) is 6.92 Å². The van der Waals surface area contributed by atoms with Crippen LogP contribution in [0.4, 0.5) is 0 Å². The minimum atomic E-state index is -3.85. The molecule has 6 heteroatoms. The van der Waals surface area contributed by atoms with Crippen LogP contribution in [0.2, 0.25) is 0 Å². The molecule has 0 fully saturated rings. The zero-order valence-corrected chi connectivity index (χ0v) is 11.4. The van der Waals surface area contributed by atoms with Gasteiger partial charge in [-0.1, -0.05) is 17.7 Å². The Hall–Kier alpha value is -1.66. The van der Waals surface area contributed by atoms with Crippen molar-refractivity contribution >= 4 is 15.8 Å². The van der Waals surface area contributed by atoms with E-state index in [1.54, 1.807) is 19.1 Å². The maximum Gasteiger partial charge on any atom is 0.352 e. The van der Waals surface area contributed by atoms with Crippen molar-refractivity contribution in [2.24, 2.45) is 0 Å². The van der Waals surface area contributed by atoms with E-state index in [1.165, 1.54) is 18.2 Å². The van der Waals surface area contributed by atoms with Crippen molar-refractivity contribution in [3.05, 3.63) is 40.8 Å². The Balaban J connectivity index is 2.37. The van der Waals surface area contributed by atoms with Gasteiger partial charge in [-0.15, -0.1) is 0 Å². The van der Waals surface area contributed by atoms with Gasteiger partial charge in [0.15, 0.2) is 4.91 Å². The third-order valence-corrected chi connectivity index (χ3v) is 4.44. The highest BCUT2D eigenvalue weighted by Gasteiger charge is 2.36. The molecule has 2 rings (SSSR count). The number of aryl methyl sites for hydroxylation is 1. The van der Waals surface area contributed by atoms with Gasteiger partial charge < -0.3 is 9.47 Å². The van der Waals surface area contributed by atoms with Crippen LogP contribution in [0.1, 0.15) is 12.5 Å². The molecule has 0 aromatic heterocycles. The molecule has 1 aliphatic heterocycles. The molecule has 0 saturated carbocycles. The van der Waals surface area contributed by atoms with Gasteiger partial charge in [0.25, 0.3) is 0 Å². The highest BCUT2D eigenvalue weighted by molar-refractivity contribution is 7.96. The molecule has 1 unspecified atom stereocenters. The third-order valence-electron chi connectivity index (χ3n) is 2.66.